The molecule has 1 aromatic heterocycles. The molecule has 0 aliphatic carbocycles. The largest absolute Gasteiger partial charge is 0.337 e. The van der Waals surface area contributed by atoms with Gasteiger partial charge in [0, 0.05) is 18.5 Å². The van der Waals surface area contributed by atoms with Crippen LogP contribution in [0.15, 0.2) is 10.9 Å². The Balaban J connectivity index is 1.93. The first-order chi connectivity index (χ1) is 7.31. The molecule has 0 bridgehead atoms. The van der Waals surface area contributed by atoms with Crippen molar-refractivity contribution in [3.63, 3.8) is 0 Å². The van der Waals surface area contributed by atoms with E-state index >= 15 is 0 Å². The zero-order chi connectivity index (χ0) is 10.7. The van der Waals surface area contributed by atoms with Gasteiger partial charge in [0.25, 0.3) is 5.91 Å². The van der Waals surface area contributed by atoms with Crippen LogP contribution < -0.4 is 5.32 Å². The molecule has 1 saturated heterocycles. The predicted octanol–water partition coefficient (Wildman–Crippen LogP) is 0.825. The maximum Gasteiger partial charge on any atom is 0.273 e. The van der Waals surface area contributed by atoms with E-state index < -0.39 is 0 Å². The van der Waals surface area contributed by atoms with Crippen molar-refractivity contribution < 1.29 is 4.79 Å². The minimum Gasteiger partial charge on any atom is -0.337 e. The van der Waals surface area contributed by atoms with Crippen molar-refractivity contribution >= 4 is 17.2 Å². The van der Waals surface area contributed by atoms with E-state index in [0.29, 0.717) is 11.6 Å². The molecule has 1 aliphatic rings. The lowest BCUT2D eigenvalue weighted by molar-refractivity contribution is 0.0782. The third-order valence-corrected chi connectivity index (χ3v) is 3.30. The fourth-order valence-corrected chi connectivity index (χ4v) is 2.48. The highest BCUT2D eigenvalue weighted by Gasteiger charge is 2.27. The first kappa shape index (κ1) is 10.6. The molecule has 1 unspecified atom stereocenters. The molecule has 1 amide bonds. The van der Waals surface area contributed by atoms with Crippen LogP contribution in [0.5, 0.6) is 0 Å². The Morgan fingerprint density at radius 1 is 1.80 bits per heavy atom. The van der Waals surface area contributed by atoms with E-state index in [9.17, 15) is 4.79 Å². The summed E-state index contributed by atoms with van der Waals surface area (Å²) in [6.07, 6.45) is 1.09. The van der Waals surface area contributed by atoms with Gasteiger partial charge >= 0.3 is 0 Å². The Kier molecular flexibility index (Phi) is 3.33. The first-order valence-electron chi connectivity index (χ1n) is 5.13. The van der Waals surface area contributed by atoms with Gasteiger partial charge < -0.3 is 10.2 Å². The number of nitrogens with one attached hydrogen (secondary N) is 1. The van der Waals surface area contributed by atoms with Gasteiger partial charge in [0.1, 0.15) is 5.69 Å². The van der Waals surface area contributed by atoms with Crippen molar-refractivity contribution in [2.24, 2.45) is 5.92 Å². The van der Waals surface area contributed by atoms with Gasteiger partial charge in [0.15, 0.2) is 0 Å². The van der Waals surface area contributed by atoms with E-state index in [0.717, 1.165) is 26.1 Å². The number of carbonyl (C=O) groups excluding carboxylic acids is 1. The minimum atomic E-state index is 0.0786. The van der Waals surface area contributed by atoms with Gasteiger partial charge in [-0.05, 0) is 25.9 Å². The van der Waals surface area contributed by atoms with Crippen LogP contribution in [0.1, 0.15) is 16.9 Å². The highest BCUT2D eigenvalue weighted by atomic mass is 32.1. The lowest BCUT2D eigenvalue weighted by atomic mass is 10.1. The van der Waals surface area contributed by atoms with E-state index in [1.54, 1.807) is 5.51 Å². The van der Waals surface area contributed by atoms with E-state index in [1.807, 2.05) is 17.3 Å². The average Bonchev–Trinajstić information content (AvgIpc) is 2.87. The second kappa shape index (κ2) is 4.72. The van der Waals surface area contributed by atoms with Gasteiger partial charge in [0.05, 0.1) is 5.51 Å². The summed E-state index contributed by atoms with van der Waals surface area (Å²) in [5.41, 5.74) is 2.29. The molecule has 0 radical (unpaired) electrons. The van der Waals surface area contributed by atoms with Crippen molar-refractivity contribution in [1.29, 1.82) is 0 Å². The van der Waals surface area contributed by atoms with Crippen LogP contribution in [0.2, 0.25) is 0 Å². The molecule has 82 valence electrons. The number of aromatic nitrogens is 1. The molecule has 4 nitrogen and oxygen atoms in total. The summed E-state index contributed by atoms with van der Waals surface area (Å²) in [6, 6.07) is 0. The number of rotatable bonds is 3. The molecule has 1 aromatic rings. The maximum absolute atomic E-state index is 11.9. The minimum absolute atomic E-state index is 0.0786. The van der Waals surface area contributed by atoms with E-state index in [4.69, 9.17) is 0 Å². The lowest BCUT2D eigenvalue weighted by Crippen LogP contribution is -2.30. The highest BCUT2D eigenvalue weighted by Crippen LogP contribution is 2.17. The Morgan fingerprint density at radius 3 is 3.33 bits per heavy atom. The molecular formula is C10H15N3OS. The van der Waals surface area contributed by atoms with Gasteiger partial charge in [-0.15, -0.1) is 11.3 Å². The summed E-state index contributed by atoms with van der Waals surface area (Å²) in [6.45, 7) is 2.71. The molecule has 15 heavy (non-hydrogen) atoms. The summed E-state index contributed by atoms with van der Waals surface area (Å²) in [7, 11) is 1.95. The van der Waals surface area contributed by atoms with Crippen LogP contribution >= 0.6 is 11.3 Å². The second-order valence-electron chi connectivity index (χ2n) is 3.84. The SMILES string of the molecule is CNCC1CCN(C(=O)c2cscn2)C1. The molecule has 1 aliphatic heterocycles. The van der Waals surface area contributed by atoms with Crippen LogP contribution in [0.3, 0.4) is 0 Å². The Bertz CT molecular complexity index is 325. The monoisotopic (exact) mass is 225 g/mol. The molecule has 5 heteroatoms. The van der Waals surface area contributed by atoms with Crippen molar-refractivity contribution in [1.82, 2.24) is 15.2 Å². The zero-order valence-corrected chi connectivity index (χ0v) is 9.59. The van der Waals surface area contributed by atoms with E-state index in [2.05, 4.69) is 10.3 Å². The van der Waals surface area contributed by atoms with Gasteiger partial charge in [-0.25, -0.2) is 4.98 Å². The quantitative estimate of drug-likeness (QED) is 0.828. The Labute approximate surface area is 93.3 Å². The molecule has 0 spiro atoms. The topological polar surface area (TPSA) is 45.2 Å². The average molecular weight is 225 g/mol. The summed E-state index contributed by atoms with van der Waals surface area (Å²) >= 11 is 1.47. The fourth-order valence-electron chi connectivity index (χ4n) is 1.95. The van der Waals surface area contributed by atoms with Crippen LogP contribution in [-0.4, -0.2) is 42.5 Å². The van der Waals surface area contributed by atoms with Crippen molar-refractivity contribution in [3.8, 4) is 0 Å². The molecule has 0 saturated carbocycles. The van der Waals surface area contributed by atoms with Gasteiger partial charge in [-0.3, -0.25) is 4.79 Å². The summed E-state index contributed by atoms with van der Waals surface area (Å²) in [4.78, 5) is 17.9. The number of thiazole rings is 1. The molecule has 2 heterocycles. The summed E-state index contributed by atoms with van der Waals surface area (Å²) in [5.74, 6) is 0.674. The molecule has 2 rings (SSSR count). The predicted molar refractivity (Wildman–Crippen MR) is 60.1 cm³/mol. The Hall–Kier alpha value is -0.940. The van der Waals surface area contributed by atoms with Crippen LogP contribution in [0, 0.1) is 5.92 Å². The van der Waals surface area contributed by atoms with Gasteiger partial charge in [-0.1, -0.05) is 0 Å². The Morgan fingerprint density at radius 2 is 2.67 bits per heavy atom. The van der Waals surface area contributed by atoms with Gasteiger partial charge in [-0.2, -0.15) is 0 Å². The lowest BCUT2D eigenvalue weighted by Gasteiger charge is -2.14. The highest BCUT2D eigenvalue weighted by molar-refractivity contribution is 7.07. The second-order valence-corrected chi connectivity index (χ2v) is 4.56. The smallest absolute Gasteiger partial charge is 0.273 e. The molecule has 1 N–H and O–H groups in total. The number of hydrogen-bond donors (Lipinski definition) is 1. The number of amides is 1. The van der Waals surface area contributed by atoms with Crippen molar-refractivity contribution in [2.45, 2.75) is 6.42 Å². The van der Waals surface area contributed by atoms with Crippen LogP contribution in [0.4, 0.5) is 0 Å². The van der Waals surface area contributed by atoms with Crippen LogP contribution in [0.25, 0.3) is 0 Å². The standard InChI is InChI=1S/C10H15N3OS/c1-11-4-8-2-3-13(5-8)10(14)9-6-15-7-12-9/h6-8,11H,2-5H2,1H3. The fraction of sp³-hybridized carbons (Fsp3) is 0.600. The summed E-state index contributed by atoms with van der Waals surface area (Å²) in [5, 5.41) is 4.97. The molecule has 0 aromatic carbocycles. The normalized spacial score (nSPS) is 20.9. The van der Waals surface area contributed by atoms with Crippen molar-refractivity contribution in [2.75, 3.05) is 26.7 Å². The van der Waals surface area contributed by atoms with Crippen molar-refractivity contribution in [3.05, 3.63) is 16.6 Å². The maximum atomic E-state index is 11.9. The summed E-state index contributed by atoms with van der Waals surface area (Å²) < 4.78 is 0. The zero-order valence-electron chi connectivity index (χ0n) is 8.77. The number of carbonyl (C=O) groups is 1. The van der Waals surface area contributed by atoms with E-state index in [1.165, 1.54) is 11.3 Å². The third kappa shape index (κ3) is 2.35. The number of nitrogens with zero attached hydrogens (tertiary/aromatic N) is 2. The third-order valence-electron chi connectivity index (χ3n) is 2.72. The van der Waals surface area contributed by atoms with Crippen LogP contribution in [-0.2, 0) is 0 Å². The number of hydrogen-bond acceptors (Lipinski definition) is 4. The molecule has 1 fully saturated rings. The molecular weight excluding hydrogens is 210 g/mol. The molecule has 1 atom stereocenters. The van der Waals surface area contributed by atoms with Gasteiger partial charge in [0.2, 0.25) is 0 Å². The van der Waals surface area contributed by atoms with E-state index in [-0.39, 0.29) is 5.91 Å². The number of likely N-dealkylation sites (tertiary alicyclic amines) is 1. The first-order valence-corrected chi connectivity index (χ1v) is 6.07.